The van der Waals surface area contributed by atoms with E-state index in [0.717, 1.165) is 55.0 Å². The highest BCUT2D eigenvalue weighted by Crippen LogP contribution is 2.45. The predicted molar refractivity (Wildman–Crippen MR) is 80.2 cm³/mol. The lowest BCUT2D eigenvalue weighted by Crippen LogP contribution is -2.49. The van der Waals surface area contributed by atoms with Crippen LogP contribution in [0.15, 0.2) is 18.2 Å². The minimum Gasteiger partial charge on any atom is -0.487 e. The highest BCUT2D eigenvalue weighted by molar-refractivity contribution is 6.30. The molecule has 4 heteroatoms. The largest absolute Gasteiger partial charge is 0.487 e. The zero-order valence-corrected chi connectivity index (χ0v) is 12.7. The highest BCUT2D eigenvalue weighted by Gasteiger charge is 2.43. The molecule has 2 heterocycles. The summed E-state index contributed by atoms with van der Waals surface area (Å²) in [6.07, 6.45) is 5.24. The average molecular weight is 296 g/mol. The molecule has 110 valence electrons. The maximum absolute atomic E-state index is 6.36. The standard InChI is InChI=1S/C16H22ClNO2/c1-2-3-12-9-16(6-7-19-12)10-14(18)13-8-11(17)4-5-15(13)20-16/h4-5,8,12,14H,2-3,6-7,9-10,18H2,1H3/t12?,14-,16?/m0/s1. The lowest BCUT2D eigenvalue weighted by atomic mass is 9.79. The van der Waals surface area contributed by atoms with Crippen molar-refractivity contribution in [3.63, 3.8) is 0 Å². The van der Waals surface area contributed by atoms with Crippen molar-refractivity contribution in [2.24, 2.45) is 5.73 Å². The van der Waals surface area contributed by atoms with Gasteiger partial charge in [-0.25, -0.2) is 0 Å². The van der Waals surface area contributed by atoms with Crippen LogP contribution in [-0.2, 0) is 4.74 Å². The molecule has 1 aromatic rings. The van der Waals surface area contributed by atoms with Gasteiger partial charge < -0.3 is 15.2 Å². The van der Waals surface area contributed by atoms with Crippen LogP contribution in [0.3, 0.4) is 0 Å². The van der Waals surface area contributed by atoms with Gasteiger partial charge >= 0.3 is 0 Å². The number of hydrogen-bond donors (Lipinski definition) is 1. The molecule has 3 atom stereocenters. The summed E-state index contributed by atoms with van der Waals surface area (Å²) in [6.45, 7) is 2.95. The van der Waals surface area contributed by atoms with Gasteiger partial charge in [-0.3, -0.25) is 0 Å². The van der Waals surface area contributed by atoms with Crippen molar-refractivity contribution in [2.75, 3.05) is 6.61 Å². The van der Waals surface area contributed by atoms with Gasteiger partial charge in [-0.05, 0) is 24.6 Å². The van der Waals surface area contributed by atoms with E-state index in [1.54, 1.807) is 0 Å². The van der Waals surface area contributed by atoms with E-state index in [0.29, 0.717) is 6.10 Å². The van der Waals surface area contributed by atoms with Crippen molar-refractivity contribution in [1.29, 1.82) is 0 Å². The Balaban J connectivity index is 1.84. The van der Waals surface area contributed by atoms with E-state index < -0.39 is 0 Å². The summed E-state index contributed by atoms with van der Waals surface area (Å²) in [5.41, 5.74) is 7.24. The number of rotatable bonds is 2. The molecule has 0 aliphatic carbocycles. The van der Waals surface area contributed by atoms with Crippen LogP contribution in [0.25, 0.3) is 0 Å². The van der Waals surface area contributed by atoms with Crippen molar-refractivity contribution < 1.29 is 9.47 Å². The first-order valence-corrected chi connectivity index (χ1v) is 7.85. The van der Waals surface area contributed by atoms with Gasteiger partial charge in [-0.2, -0.15) is 0 Å². The molecule has 2 unspecified atom stereocenters. The predicted octanol–water partition coefficient (Wildman–Crippen LogP) is 3.84. The van der Waals surface area contributed by atoms with Gasteiger partial charge in [0.1, 0.15) is 11.4 Å². The van der Waals surface area contributed by atoms with Crippen LogP contribution in [-0.4, -0.2) is 18.3 Å². The van der Waals surface area contributed by atoms with Gasteiger partial charge in [0.25, 0.3) is 0 Å². The Labute approximate surface area is 125 Å². The second-order valence-electron chi connectivity index (χ2n) is 6.01. The second-order valence-corrected chi connectivity index (χ2v) is 6.45. The summed E-state index contributed by atoms with van der Waals surface area (Å²) in [5, 5.41) is 0.717. The van der Waals surface area contributed by atoms with Gasteiger partial charge in [0.2, 0.25) is 0 Å². The molecule has 0 saturated carbocycles. The number of hydrogen-bond acceptors (Lipinski definition) is 3. The molecular formula is C16H22ClNO2. The van der Waals surface area contributed by atoms with Crippen LogP contribution in [0.5, 0.6) is 5.75 Å². The van der Waals surface area contributed by atoms with E-state index in [1.807, 2.05) is 18.2 Å². The average Bonchev–Trinajstić information content (AvgIpc) is 2.40. The third-order valence-corrected chi connectivity index (χ3v) is 4.65. The lowest BCUT2D eigenvalue weighted by molar-refractivity contribution is -0.103. The Morgan fingerprint density at radius 3 is 3.05 bits per heavy atom. The molecule has 1 fully saturated rings. The molecule has 3 rings (SSSR count). The van der Waals surface area contributed by atoms with E-state index in [4.69, 9.17) is 26.8 Å². The third kappa shape index (κ3) is 2.67. The lowest BCUT2D eigenvalue weighted by Gasteiger charge is -2.46. The molecule has 0 aromatic heterocycles. The van der Waals surface area contributed by atoms with Crippen LogP contribution in [0, 0.1) is 0 Å². The fraction of sp³-hybridized carbons (Fsp3) is 0.625. The maximum Gasteiger partial charge on any atom is 0.125 e. The summed E-state index contributed by atoms with van der Waals surface area (Å²) >= 11 is 6.05. The molecule has 2 aliphatic heterocycles. The van der Waals surface area contributed by atoms with E-state index in [2.05, 4.69) is 6.92 Å². The van der Waals surface area contributed by atoms with E-state index in [1.165, 1.54) is 0 Å². The summed E-state index contributed by atoms with van der Waals surface area (Å²) in [4.78, 5) is 0. The van der Waals surface area contributed by atoms with E-state index >= 15 is 0 Å². The van der Waals surface area contributed by atoms with Crippen molar-refractivity contribution in [1.82, 2.24) is 0 Å². The van der Waals surface area contributed by atoms with E-state index in [-0.39, 0.29) is 11.6 Å². The highest BCUT2D eigenvalue weighted by atomic mass is 35.5. The third-order valence-electron chi connectivity index (χ3n) is 4.41. The molecule has 2 N–H and O–H groups in total. The molecule has 0 amide bonds. The minimum atomic E-state index is -0.154. The van der Waals surface area contributed by atoms with Crippen molar-refractivity contribution >= 4 is 11.6 Å². The number of fused-ring (bicyclic) bond motifs is 1. The van der Waals surface area contributed by atoms with Gasteiger partial charge in [0.05, 0.1) is 12.7 Å². The first-order chi connectivity index (χ1) is 9.62. The smallest absolute Gasteiger partial charge is 0.125 e. The number of ether oxygens (including phenoxy) is 2. The number of nitrogens with two attached hydrogens (primary N) is 1. The molecule has 1 spiro atoms. The molecule has 0 bridgehead atoms. The molecule has 20 heavy (non-hydrogen) atoms. The summed E-state index contributed by atoms with van der Waals surface area (Å²) < 4.78 is 12.2. The first-order valence-electron chi connectivity index (χ1n) is 7.47. The Morgan fingerprint density at radius 2 is 2.25 bits per heavy atom. The van der Waals surface area contributed by atoms with Crippen molar-refractivity contribution in [2.45, 2.75) is 56.8 Å². The van der Waals surface area contributed by atoms with E-state index in [9.17, 15) is 0 Å². The normalized spacial score (nSPS) is 32.8. The van der Waals surface area contributed by atoms with Crippen molar-refractivity contribution in [3.8, 4) is 5.75 Å². The SMILES string of the molecule is CCCC1CC2(CCO1)C[C@H](N)c1cc(Cl)ccc1O2. The molecule has 0 radical (unpaired) electrons. The van der Waals surface area contributed by atoms with Crippen LogP contribution in [0.1, 0.15) is 50.6 Å². The fourth-order valence-electron chi connectivity index (χ4n) is 3.46. The van der Waals surface area contributed by atoms with Gasteiger partial charge in [-0.1, -0.05) is 24.9 Å². The Hall–Kier alpha value is -0.770. The van der Waals surface area contributed by atoms with Gasteiger partial charge in [0, 0.05) is 35.9 Å². The number of benzene rings is 1. The molecular weight excluding hydrogens is 274 g/mol. The van der Waals surface area contributed by atoms with Crippen LogP contribution >= 0.6 is 11.6 Å². The monoisotopic (exact) mass is 295 g/mol. The van der Waals surface area contributed by atoms with Crippen molar-refractivity contribution in [3.05, 3.63) is 28.8 Å². The Morgan fingerprint density at radius 1 is 1.40 bits per heavy atom. The number of halogens is 1. The second kappa shape index (κ2) is 5.55. The minimum absolute atomic E-state index is 0.00201. The Bertz CT molecular complexity index is 491. The quantitative estimate of drug-likeness (QED) is 0.901. The Kier molecular flexibility index (Phi) is 3.93. The van der Waals surface area contributed by atoms with Crippen LogP contribution < -0.4 is 10.5 Å². The van der Waals surface area contributed by atoms with Crippen LogP contribution in [0.2, 0.25) is 5.02 Å². The fourth-order valence-corrected chi connectivity index (χ4v) is 3.64. The summed E-state index contributed by atoms with van der Waals surface area (Å²) in [6, 6.07) is 5.74. The molecule has 2 aliphatic rings. The summed E-state index contributed by atoms with van der Waals surface area (Å²) in [7, 11) is 0. The summed E-state index contributed by atoms with van der Waals surface area (Å²) in [5.74, 6) is 0.894. The molecule has 1 aromatic carbocycles. The first kappa shape index (κ1) is 14.2. The zero-order chi connectivity index (χ0) is 14.2. The van der Waals surface area contributed by atoms with Crippen LogP contribution in [0.4, 0.5) is 0 Å². The maximum atomic E-state index is 6.36. The molecule has 3 nitrogen and oxygen atoms in total. The van der Waals surface area contributed by atoms with Gasteiger partial charge in [-0.15, -0.1) is 0 Å². The molecule has 1 saturated heterocycles. The topological polar surface area (TPSA) is 44.5 Å². The zero-order valence-electron chi connectivity index (χ0n) is 11.9. The van der Waals surface area contributed by atoms with Gasteiger partial charge in [0.15, 0.2) is 0 Å².